The number of carbonyl (C=O) groups is 1. The lowest BCUT2D eigenvalue weighted by Crippen LogP contribution is -2.18. The zero-order valence-electron chi connectivity index (χ0n) is 10.8. The van der Waals surface area contributed by atoms with E-state index in [2.05, 4.69) is 0 Å². The number of esters is 1. The molecule has 0 fully saturated rings. The Morgan fingerprint density at radius 2 is 2.06 bits per heavy atom. The maximum Gasteiger partial charge on any atom is 0.338 e. The molecule has 5 heteroatoms. The van der Waals surface area contributed by atoms with Crippen molar-refractivity contribution in [2.24, 2.45) is 5.41 Å². The highest BCUT2D eigenvalue weighted by molar-refractivity contribution is 5.89. The Labute approximate surface area is 106 Å². The third-order valence-electron chi connectivity index (χ3n) is 2.11. The van der Waals surface area contributed by atoms with Crippen LogP contribution in [0.1, 0.15) is 36.7 Å². The second kappa shape index (κ2) is 5.62. The van der Waals surface area contributed by atoms with E-state index in [0.717, 1.165) is 0 Å². The van der Waals surface area contributed by atoms with E-state index < -0.39 is 10.9 Å². The smallest absolute Gasteiger partial charge is 0.338 e. The molecule has 0 aliphatic heterocycles. The van der Waals surface area contributed by atoms with Gasteiger partial charge in [-0.25, -0.2) is 4.79 Å². The summed E-state index contributed by atoms with van der Waals surface area (Å²) in [5.41, 5.74) is 0.734. The van der Waals surface area contributed by atoms with Gasteiger partial charge < -0.3 is 4.74 Å². The van der Waals surface area contributed by atoms with Gasteiger partial charge in [0, 0.05) is 10.5 Å². The molecule has 1 aromatic carbocycles. The zero-order valence-corrected chi connectivity index (χ0v) is 10.8. The highest BCUT2D eigenvalue weighted by Gasteiger charge is 2.15. The topological polar surface area (TPSA) is 69.4 Å². The van der Waals surface area contributed by atoms with Crippen molar-refractivity contribution >= 4 is 5.97 Å². The zero-order chi connectivity index (χ0) is 13.8. The summed E-state index contributed by atoms with van der Waals surface area (Å²) in [6.45, 7) is 5.90. The van der Waals surface area contributed by atoms with Crippen LogP contribution in [0, 0.1) is 15.5 Å². The Morgan fingerprint density at radius 1 is 1.39 bits per heavy atom. The molecule has 1 rings (SSSR count). The van der Waals surface area contributed by atoms with Crippen molar-refractivity contribution in [3.8, 4) is 0 Å². The van der Waals surface area contributed by atoms with Crippen LogP contribution in [0.25, 0.3) is 0 Å². The fourth-order valence-corrected chi connectivity index (χ4v) is 1.31. The van der Waals surface area contributed by atoms with Gasteiger partial charge in [0.05, 0.1) is 12.2 Å². The van der Waals surface area contributed by atoms with Gasteiger partial charge in [-0.1, -0.05) is 32.9 Å². The van der Waals surface area contributed by atoms with Gasteiger partial charge in [0.2, 0.25) is 6.54 Å². The molecule has 0 spiro atoms. The van der Waals surface area contributed by atoms with Gasteiger partial charge in [-0.2, -0.15) is 0 Å². The number of hydrogen-bond donors (Lipinski definition) is 0. The van der Waals surface area contributed by atoms with Gasteiger partial charge in [-0.15, -0.1) is 0 Å². The number of hydrogen-bond acceptors (Lipinski definition) is 4. The van der Waals surface area contributed by atoms with E-state index in [1.165, 1.54) is 6.07 Å². The van der Waals surface area contributed by atoms with Gasteiger partial charge in [-0.3, -0.25) is 10.1 Å². The Balaban J connectivity index is 2.71. The van der Waals surface area contributed by atoms with Crippen LogP contribution in [0.15, 0.2) is 24.3 Å². The van der Waals surface area contributed by atoms with Crippen molar-refractivity contribution in [2.45, 2.75) is 27.3 Å². The molecule has 0 N–H and O–H groups in total. The summed E-state index contributed by atoms with van der Waals surface area (Å²) in [6, 6.07) is 6.32. The molecular weight excluding hydrogens is 234 g/mol. The van der Waals surface area contributed by atoms with E-state index in [9.17, 15) is 14.9 Å². The van der Waals surface area contributed by atoms with E-state index >= 15 is 0 Å². The van der Waals surface area contributed by atoms with Crippen LogP contribution < -0.4 is 0 Å². The van der Waals surface area contributed by atoms with Crippen LogP contribution in [-0.4, -0.2) is 17.5 Å². The fraction of sp³-hybridized carbons (Fsp3) is 0.462. The predicted molar refractivity (Wildman–Crippen MR) is 66.9 cm³/mol. The first-order chi connectivity index (χ1) is 8.28. The third-order valence-corrected chi connectivity index (χ3v) is 2.11. The molecule has 18 heavy (non-hydrogen) atoms. The largest absolute Gasteiger partial charge is 0.462 e. The van der Waals surface area contributed by atoms with Crippen LogP contribution in [0.4, 0.5) is 0 Å². The average molecular weight is 251 g/mol. The van der Waals surface area contributed by atoms with Crippen LogP contribution in [-0.2, 0) is 11.3 Å². The van der Waals surface area contributed by atoms with Crippen molar-refractivity contribution in [1.82, 2.24) is 0 Å². The van der Waals surface area contributed by atoms with Crippen LogP contribution in [0.2, 0.25) is 0 Å². The minimum atomic E-state index is -0.449. The Bertz CT molecular complexity index is 449. The number of benzene rings is 1. The molecule has 5 nitrogen and oxygen atoms in total. The van der Waals surface area contributed by atoms with E-state index in [1.54, 1.807) is 18.2 Å². The molecule has 0 radical (unpaired) electrons. The molecule has 0 saturated heterocycles. The average Bonchev–Trinajstić information content (AvgIpc) is 2.24. The van der Waals surface area contributed by atoms with Crippen molar-refractivity contribution in [3.63, 3.8) is 0 Å². The Hall–Kier alpha value is -1.91. The molecule has 0 aliphatic carbocycles. The van der Waals surface area contributed by atoms with Crippen molar-refractivity contribution < 1.29 is 14.5 Å². The summed E-state index contributed by atoms with van der Waals surface area (Å²) < 4.78 is 5.14. The maximum absolute atomic E-state index is 11.7. The molecule has 0 aromatic heterocycles. The molecule has 0 amide bonds. The highest BCUT2D eigenvalue weighted by Crippen LogP contribution is 2.15. The van der Waals surface area contributed by atoms with Crippen LogP contribution in [0.3, 0.4) is 0 Å². The lowest BCUT2D eigenvalue weighted by Gasteiger charge is -2.17. The normalized spacial score (nSPS) is 11.1. The molecule has 0 saturated carbocycles. The molecule has 0 atom stereocenters. The first-order valence-electron chi connectivity index (χ1n) is 5.66. The first kappa shape index (κ1) is 14.2. The molecule has 0 aliphatic rings. The lowest BCUT2D eigenvalue weighted by molar-refractivity contribution is -0.496. The predicted octanol–water partition coefficient (Wildman–Crippen LogP) is 2.67. The fourth-order valence-electron chi connectivity index (χ4n) is 1.31. The first-order valence-corrected chi connectivity index (χ1v) is 5.66. The molecule has 0 unspecified atom stereocenters. The third kappa shape index (κ3) is 4.95. The number of nitrogens with zero attached hydrogens (tertiary/aromatic N) is 1. The monoisotopic (exact) mass is 251 g/mol. The summed E-state index contributed by atoms with van der Waals surface area (Å²) in [5, 5.41) is 10.4. The summed E-state index contributed by atoms with van der Waals surface area (Å²) in [5.74, 6) is -0.449. The van der Waals surface area contributed by atoms with Gasteiger partial charge >= 0.3 is 5.97 Å². The van der Waals surface area contributed by atoms with Crippen molar-refractivity contribution in [1.29, 1.82) is 0 Å². The minimum absolute atomic E-state index is 0.103. The van der Waals surface area contributed by atoms with Gasteiger partial charge in [0.1, 0.15) is 0 Å². The van der Waals surface area contributed by atoms with Crippen LogP contribution in [0.5, 0.6) is 0 Å². The molecular formula is C13H17NO4. The number of carbonyl (C=O) groups excluding carboxylic acids is 1. The number of nitro groups is 1. The van der Waals surface area contributed by atoms with Crippen molar-refractivity contribution in [2.75, 3.05) is 6.61 Å². The summed E-state index contributed by atoms with van der Waals surface area (Å²) >= 11 is 0. The molecule has 1 aromatic rings. The van der Waals surface area contributed by atoms with E-state index in [0.29, 0.717) is 17.7 Å². The number of rotatable bonds is 4. The van der Waals surface area contributed by atoms with Crippen LogP contribution >= 0.6 is 0 Å². The number of ether oxygens (including phenoxy) is 1. The van der Waals surface area contributed by atoms with Crippen molar-refractivity contribution in [3.05, 3.63) is 45.5 Å². The SMILES string of the molecule is CC(C)(C)COC(=O)c1cccc(C[N+](=O)[O-])c1. The summed E-state index contributed by atoms with van der Waals surface area (Å²) in [7, 11) is 0. The summed E-state index contributed by atoms with van der Waals surface area (Å²) in [6.07, 6.45) is 0. The minimum Gasteiger partial charge on any atom is -0.462 e. The highest BCUT2D eigenvalue weighted by atomic mass is 16.6. The standard InChI is InChI=1S/C13H17NO4/c1-13(2,3)9-18-12(15)11-6-4-5-10(7-11)8-14(16)17/h4-7H,8-9H2,1-3H3. The Morgan fingerprint density at radius 3 is 2.61 bits per heavy atom. The molecule has 98 valence electrons. The summed E-state index contributed by atoms with van der Waals surface area (Å²) in [4.78, 5) is 21.7. The second-order valence-corrected chi connectivity index (χ2v) is 5.33. The lowest BCUT2D eigenvalue weighted by atomic mass is 9.99. The van der Waals surface area contributed by atoms with E-state index in [-0.39, 0.29) is 12.0 Å². The Kier molecular flexibility index (Phi) is 4.42. The second-order valence-electron chi connectivity index (χ2n) is 5.33. The van der Waals surface area contributed by atoms with Gasteiger partial charge in [0.15, 0.2) is 0 Å². The van der Waals surface area contributed by atoms with Gasteiger partial charge in [0.25, 0.3) is 0 Å². The van der Waals surface area contributed by atoms with E-state index in [1.807, 2.05) is 20.8 Å². The molecule has 0 heterocycles. The quantitative estimate of drug-likeness (QED) is 0.468. The molecule has 0 bridgehead atoms. The van der Waals surface area contributed by atoms with E-state index in [4.69, 9.17) is 4.74 Å². The maximum atomic E-state index is 11.7. The van der Waals surface area contributed by atoms with Gasteiger partial charge in [-0.05, 0) is 17.5 Å².